The van der Waals surface area contributed by atoms with Crippen LogP contribution in [0.5, 0.6) is 0 Å². The van der Waals surface area contributed by atoms with Gasteiger partial charge in [-0.15, -0.1) is 0 Å². The van der Waals surface area contributed by atoms with E-state index < -0.39 is 6.04 Å². The van der Waals surface area contributed by atoms with Crippen LogP contribution in [0.1, 0.15) is 17.0 Å². The van der Waals surface area contributed by atoms with Gasteiger partial charge in [0.15, 0.2) is 0 Å². The van der Waals surface area contributed by atoms with Crippen LogP contribution in [0.3, 0.4) is 0 Å². The third-order valence-electron chi connectivity index (χ3n) is 4.79. The second kappa shape index (κ2) is 8.66. The summed E-state index contributed by atoms with van der Waals surface area (Å²) < 4.78 is 0.971. The van der Waals surface area contributed by atoms with E-state index in [9.17, 15) is 9.90 Å². The van der Waals surface area contributed by atoms with E-state index in [1.54, 1.807) is 6.07 Å². The molecule has 2 atom stereocenters. The first-order valence-electron chi connectivity index (χ1n) is 9.01. The number of thioether (sulfide) groups is 1. The zero-order valence-corrected chi connectivity index (χ0v) is 18.3. The first kappa shape index (κ1) is 20.1. The van der Waals surface area contributed by atoms with E-state index in [1.165, 1.54) is 11.8 Å². The summed E-state index contributed by atoms with van der Waals surface area (Å²) in [6.45, 7) is 0. The Hall–Kier alpha value is -2.21. The summed E-state index contributed by atoms with van der Waals surface area (Å²) in [5, 5.41) is 14.6. The van der Waals surface area contributed by atoms with Crippen molar-refractivity contribution in [2.45, 2.75) is 16.9 Å². The maximum absolute atomic E-state index is 12.7. The molecule has 1 amide bonds. The summed E-state index contributed by atoms with van der Waals surface area (Å²) >= 11 is 10.9. The fraction of sp³-hybridized carbons (Fsp3) is 0.0870. The predicted molar refractivity (Wildman–Crippen MR) is 121 cm³/mol. The molecular formula is C23H17BrClNO2S. The van der Waals surface area contributed by atoms with E-state index in [2.05, 4.69) is 21.2 Å². The molecule has 0 spiro atoms. The molecule has 1 aliphatic rings. The first-order chi connectivity index (χ1) is 14.0. The van der Waals surface area contributed by atoms with Crippen molar-refractivity contribution >= 4 is 45.2 Å². The van der Waals surface area contributed by atoms with Crippen LogP contribution in [-0.4, -0.2) is 17.1 Å². The monoisotopic (exact) mass is 485 g/mol. The number of nitrogens with one attached hydrogen (secondary N) is 1. The molecule has 146 valence electrons. The molecule has 1 heterocycles. The van der Waals surface area contributed by atoms with Crippen molar-refractivity contribution in [3.63, 3.8) is 0 Å². The summed E-state index contributed by atoms with van der Waals surface area (Å²) in [6, 6.07) is 24.5. The fourth-order valence-corrected chi connectivity index (χ4v) is 4.85. The molecule has 2 N–H and O–H groups in total. The molecule has 0 aromatic heterocycles. The van der Waals surface area contributed by atoms with Crippen LogP contribution in [0, 0.1) is 0 Å². The molecule has 3 nitrogen and oxygen atoms in total. The number of benzene rings is 3. The SMILES string of the molecule is O=C1NC(C(c2ccccc2)c2ccc(Br)cc2)C(O)=C1Sc1ccccc1Cl. The quantitative estimate of drug-likeness (QED) is 0.445. The maximum atomic E-state index is 12.7. The molecule has 0 saturated carbocycles. The number of hydrogen-bond donors (Lipinski definition) is 2. The van der Waals surface area contributed by atoms with Gasteiger partial charge in [-0.1, -0.05) is 93.9 Å². The molecule has 0 radical (unpaired) electrons. The summed E-state index contributed by atoms with van der Waals surface area (Å²) in [5.74, 6) is -0.482. The van der Waals surface area contributed by atoms with Gasteiger partial charge in [0, 0.05) is 15.3 Å². The van der Waals surface area contributed by atoms with E-state index in [4.69, 9.17) is 11.6 Å². The molecular weight excluding hydrogens is 470 g/mol. The Labute approximate surface area is 186 Å². The predicted octanol–water partition coefficient (Wildman–Crippen LogP) is 6.29. The summed E-state index contributed by atoms with van der Waals surface area (Å²) in [6.07, 6.45) is 0. The summed E-state index contributed by atoms with van der Waals surface area (Å²) in [4.78, 5) is 13.7. The number of carbonyl (C=O) groups excluding carboxylic acids is 1. The van der Waals surface area contributed by atoms with Crippen molar-refractivity contribution in [2.24, 2.45) is 0 Å². The third-order valence-corrected chi connectivity index (χ3v) is 6.93. The second-order valence-corrected chi connectivity index (χ2v) is 9.01. The Morgan fingerprint density at radius 3 is 2.24 bits per heavy atom. The molecule has 6 heteroatoms. The highest BCUT2D eigenvalue weighted by molar-refractivity contribution is 9.10. The second-order valence-electron chi connectivity index (χ2n) is 6.64. The molecule has 2 unspecified atom stereocenters. The molecule has 0 aliphatic carbocycles. The molecule has 29 heavy (non-hydrogen) atoms. The van der Waals surface area contributed by atoms with Crippen molar-refractivity contribution in [1.29, 1.82) is 0 Å². The average molecular weight is 487 g/mol. The van der Waals surface area contributed by atoms with Crippen LogP contribution in [0.4, 0.5) is 0 Å². The normalized spacial score (nSPS) is 17.3. The van der Waals surface area contributed by atoms with Crippen LogP contribution in [0.2, 0.25) is 5.02 Å². The maximum Gasteiger partial charge on any atom is 0.262 e. The van der Waals surface area contributed by atoms with Crippen molar-refractivity contribution in [3.8, 4) is 0 Å². The fourth-order valence-electron chi connectivity index (χ4n) is 3.42. The highest BCUT2D eigenvalue weighted by Crippen LogP contribution is 2.41. The number of aliphatic hydroxyl groups is 1. The van der Waals surface area contributed by atoms with E-state index in [-0.39, 0.29) is 22.5 Å². The molecule has 4 rings (SSSR count). The van der Waals surface area contributed by atoms with Gasteiger partial charge in [0.1, 0.15) is 10.7 Å². The van der Waals surface area contributed by atoms with E-state index in [0.717, 1.165) is 20.5 Å². The number of halogens is 2. The van der Waals surface area contributed by atoms with Crippen molar-refractivity contribution < 1.29 is 9.90 Å². The molecule has 0 saturated heterocycles. The largest absolute Gasteiger partial charge is 0.509 e. The van der Waals surface area contributed by atoms with Crippen molar-refractivity contribution in [3.05, 3.63) is 110 Å². The Morgan fingerprint density at radius 2 is 1.55 bits per heavy atom. The third kappa shape index (κ3) is 4.22. The lowest BCUT2D eigenvalue weighted by Gasteiger charge is -2.25. The van der Waals surface area contributed by atoms with Crippen molar-refractivity contribution in [1.82, 2.24) is 5.32 Å². The number of carbonyl (C=O) groups is 1. The Balaban J connectivity index is 1.75. The van der Waals surface area contributed by atoms with Gasteiger partial charge in [-0.3, -0.25) is 4.79 Å². The van der Waals surface area contributed by atoms with Gasteiger partial charge in [-0.2, -0.15) is 0 Å². The lowest BCUT2D eigenvalue weighted by molar-refractivity contribution is -0.116. The molecule has 1 aliphatic heterocycles. The van der Waals surface area contributed by atoms with Crippen LogP contribution in [0.25, 0.3) is 0 Å². The lowest BCUT2D eigenvalue weighted by Crippen LogP contribution is -2.35. The Kier molecular flexibility index (Phi) is 5.99. The van der Waals surface area contributed by atoms with Gasteiger partial charge in [0.25, 0.3) is 5.91 Å². The highest BCUT2D eigenvalue weighted by Gasteiger charge is 2.39. The van der Waals surface area contributed by atoms with Gasteiger partial charge in [-0.05, 0) is 35.4 Å². The summed E-state index contributed by atoms with van der Waals surface area (Å²) in [5.41, 5.74) is 2.01. The Bertz CT molecular complexity index is 1070. The number of hydrogen-bond acceptors (Lipinski definition) is 3. The molecule has 3 aromatic rings. The van der Waals surface area contributed by atoms with Gasteiger partial charge in [0.2, 0.25) is 0 Å². The van der Waals surface area contributed by atoms with Gasteiger partial charge < -0.3 is 10.4 Å². The minimum atomic E-state index is -0.559. The van der Waals surface area contributed by atoms with E-state index in [1.807, 2.05) is 72.8 Å². The minimum Gasteiger partial charge on any atom is -0.509 e. The Morgan fingerprint density at radius 1 is 0.931 bits per heavy atom. The van der Waals surface area contributed by atoms with E-state index in [0.29, 0.717) is 5.02 Å². The first-order valence-corrected chi connectivity index (χ1v) is 11.0. The van der Waals surface area contributed by atoms with Crippen molar-refractivity contribution in [2.75, 3.05) is 0 Å². The van der Waals surface area contributed by atoms with Gasteiger partial charge in [-0.25, -0.2) is 0 Å². The molecule has 0 bridgehead atoms. The topological polar surface area (TPSA) is 49.3 Å². The number of amides is 1. The molecule has 0 fully saturated rings. The highest BCUT2D eigenvalue weighted by atomic mass is 79.9. The smallest absolute Gasteiger partial charge is 0.262 e. The van der Waals surface area contributed by atoms with Gasteiger partial charge in [0.05, 0.1) is 11.1 Å². The standard InChI is InChI=1S/C23H17BrClNO2S/c24-16-12-10-15(11-13-16)19(14-6-2-1-3-7-14)20-21(27)22(23(28)26-20)29-18-9-5-4-8-17(18)25/h1-13,19-20,27H,(H,26,28). The van der Waals surface area contributed by atoms with Crippen LogP contribution in [0.15, 0.2) is 98.9 Å². The minimum absolute atomic E-state index is 0.0386. The van der Waals surface area contributed by atoms with Crippen LogP contribution >= 0.6 is 39.3 Å². The number of aliphatic hydroxyl groups excluding tert-OH is 1. The number of rotatable bonds is 5. The lowest BCUT2D eigenvalue weighted by atomic mass is 9.85. The summed E-state index contributed by atoms with van der Waals surface area (Å²) in [7, 11) is 0. The zero-order valence-electron chi connectivity index (χ0n) is 15.2. The van der Waals surface area contributed by atoms with Gasteiger partial charge >= 0.3 is 0 Å². The average Bonchev–Trinajstić information content (AvgIpc) is 3.00. The zero-order chi connectivity index (χ0) is 20.4. The van der Waals surface area contributed by atoms with Crippen LogP contribution in [-0.2, 0) is 4.79 Å². The van der Waals surface area contributed by atoms with Crippen LogP contribution < -0.4 is 5.32 Å². The molecule has 3 aromatic carbocycles. The van der Waals surface area contributed by atoms with E-state index >= 15 is 0 Å².